The highest BCUT2D eigenvalue weighted by Gasteiger charge is 2.39. The number of nitrogens with zero attached hydrogens (tertiary/aromatic N) is 2. The second-order valence-electron chi connectivity index (χ2n) is 8.08. The predicted octanol–water partition coefficient (Wildman–Crippen LogP) is 1.47. The summed E-state index contributed by atoms with van der Waals surface area (Å²) in [5, 5.41) is 19.7. The minimum Gasteiger partial charge on any atom is -0.493 e. The molecular formula is C23H34Cl2N4O5. The number of pyridine rings is 1. The van der Waals surface area contributed by atoms with E-state index >= 15 is 0 Å². The summed E-state index contributed by atoms with van der Waals surface area (Å²) in [6, 6.07) is 8.36. The minimum atomic E-state index is -0.657. The zero-order valence-corrected chi connectivity index (χ0v) is 20.9. The van der Waals surface area contributed by atoms with Crippen LogP contribution in [0.5, 0.6) is 11.5 Å². The fourth-order valence-electron chi connectivity index (χ4n) is 4.56. The number of halogens is 2. The number of nitrogens with two attached hydrogens (primary N) is 1. The van der Waals surface area contributed by atoms with E-state index < -0.39 is 4.96 Å². The second-order valence-corrected chi connectivity index (χ2v) is 9.18. The number of hydrogen-bond acceptors (Lipinski definition) is 8. The Bertz CT molecular complexity index is 921. The van der Waals surface area contributed by atoms with E-state index in [1.54, 1.807) is 20.4 Å². The van der Waals surface area contributed by atoms with Gasteiger partial charge in [-0.25, -0.2) is 0 Å². The Morgan fingerprint density at radius 3 is 2.50 bits per heavy atom. The van der Waals surface area contributed by atoms with Gasteiger partial charge < -0.3 is 30.9 Å². The van der Waals surface area contributed by atoms with Crippen LogP contribution in [0, 0.1) is 0 Å². The fourth-order valence-corrected chi connectivity index (χ4v) is 4.70. The Labute approximate surface area is 210 Å². The number of benzene rings is 1. The van der Waals surface area contributed by atoms with Gasteiger partial charge in [0.05, 0.1) is 27.6 Å². The second kappa shape index (κ2) is 13.4. The highest BCUT2D eigenvalue weighted by Crippen LogP contribution is 2.43. The average molecular weight is 517 g/mol. The first-order valence-electron chi connectivity index (χ1n) is 10.8. The third-order valence-electron chi connectivity index (χ3n) is 6.21. The maximum absolute atomic E-state index is 9.42. The molecule has 0 bridgehead atoms. The first kappa shape index (κ1) is 28.5. The van der Waals surface area contributed by atoms with Crippen molar-refractivity contribution in [2.75, 3.05) is 34.0 Å². The van der Waals surface area contributed by atoms with Gasteiger partial charge in [0.2, 0.25) is 0 Å². The molecule has 0 spiro atoms. The number of aromatic nitrogens is 1. The van der Waals surface area contributed by atoms with E-state index in [1.165, 1.54) is 11.1 Å². The van der Waals surface area contributed by atoms with Gasteiger partial charge in [-0.3, -0.25) is 15.2 Å². The van der Waals surface area contributed by atoms with Gasteiger partial charge in [0.25, 0.3) is 0 Å². The van der Waals surface area contributed by atoms with Crippen LogP contribution in [-0.4, -0.2) is 70.6 Å². The van der Waals surface area contributed by atoms with Gasteiger partial charge in [-0.05, 0) is 53.8 Å². The Hall–Kier alpha value is -1.69. The van der Waals surface area contributed by atoms with Crippen LogP contribution in [0.25, 0.3) is 0 Å². The third-order valence-corrected chi connectivity index (χ3v) is 6.52. The Kier molecular flexibility index (Phi) is 11.3. The lowest BCUT2D eigenvalue weighted by molar-refractivity contribution is 0.108. The lowest BCUT2D eigenvalue weighted by atomic mass is 9.79. The molecular weight excluding hydrogens is 483 g/mol. The van der Waals surface area contributed by atoms with Gasteiger partial charge in [-0.15, -0.1) is 0 Å². The number of hydrogen-bond donors (Lipinski definition) is 4. The van der Waals surface area contributed by atoms with Gasteiger partial charge in [-0.1, -0.05) is 23.2 Å². The summed E-state index contributed by atoms with van der Waals surface area (Å²) >= 11 is 10.1. The number of fused-ring (bicyclic) bond motifs is 3. The zero-order chi connectivity index (χ0) is 24.0. The van der Waals surface area contributed by atoms with Crippen LogP contribution >= 0.6 is 23.2 Å². The Morgan fingerprint density at radius 2 is 1.91 bits per heavy atom. The summed E-state index contributed by atoms with van der Waals surface area (Å²) < 4.78 is 11.0. The van der Waals surface area contributed by atoms with Gasteiger partial charge in [0.15, 0.2) is 16.5 Å². The van der Waals surface area contributed by atoms with E-state index in [2.05, 4.69) is 27.3 Å². The van der Waals surface area contributed by atoms with Crippen molar-refractivity contribution >= 4 is 23.2 Å². The molecule has 0 amide bonds. The summed E-state index contributed by atoms with van der Waals surface area (Å²) in [6.07, 6.45) is 3.62. The van der Waals surface area contributed by atoms with Crippen molar-refractivity contribution in [1.29, 1.82) is 0 Å². The quantitative estimate of drug-likeness (QED) is 0.256. The molecule has 0 saturated carbocycles. The minimum absolute atomic E-state index is 0. The van der Waals surface area contributed by atoms with Gasteiger partial charge >= 0.3 is 0 Å². The molecule has 9 nitrogen and oxygen atoms in total. The molecule has 34 heavy (non-hydrogen) atoms. The van der Waals surface area contributed by atoms with Crippen LogP contribution in [0.15, 0.2) is 30.5 Å². The van der Waals surface area contributed by atoms with Crippen molar-refractivity contribution in [2.45, 2.75) is 42.4 Å². The molecule has 1 fully saturated rings. The zero-order valence-electron chi connectivity index (χ0n) is 19.4. The molecule has 1 aromatic carbocycles. The predicted molar refractivity (Wildman–Crippen MR) is 132 cm³/mol. The molecule has 1 saturated heterocycles. The van der Waals surface area contributed by atoms with Crippen LogP contribution < -0.4 is 20.5 Å². The van der Waals surface area contributed by atoms with Crippen LogP contribution in [0.2, 0.25) is 0 Å². The number of ether oxygens (including phenoxy) is 2. The molecule has 11 heteroatoms. The topological polar surface area (TPSA) is 145 Å². The number of methoxy groups -OCH3 is 2. The van der Waals surface area contributed by atoms with Crippen LogP contribution in [-0.2, 0) is 13.0 Å². The van der Waals surface area contributed by atoms with Crippen molar-refractivity contribution in [1.82, 2.24) is 15.2 Å². The third kappa shape index (κ3) is 6.71. The smallest absolute Gasteiger partial charge is 0.161 e. The molecule has 4 rings (SSSR count). The van der Waals surface area contributed by atoms with E-state index in [4.69, 9.17) is 43.5 Å². The number of rotatable bonds is 6. The molecule has 1 aromatic heterocycles. The SMILES string of the molecule is COc1cc2c(cc1OC)C1C[C@@H](N)[C@H](c3cc(CO)ccn3)CN1CC2.O.OCNC(Cl)Cl. The summed E-state index contributed by atoms with van der Waals surface area (Å²) in [6.45, 7) is 1.72. The molecule has 0 radical (unpaired) electrons. The molecule has 7 N–H and O–H groups in total. The van der Waals surface area contributed by atoms with E-state index in [9.17, 15) is 5.11 Å². The number of piperidine rings is 1. The number of nitrogens with one attached hydrogen (secondary N) is 1. The highest BCUT2D eigenvalue weighted by molar-refractivity contribution is 6.43. The monoisotopic (exact) mass is 516 g/mol. The summed E-state index contributed by atoms with van der Waals surface area (Å²) in [5.74, 6) is 1.73. The van der Waals surface area contributed by atoms with E-state index in [-0.39, 0.29) is 30.8 Å². The van der Waals surface area contributed by atoms with Gasteiger partial charge in [0, 0.05) is 43.0 Å². The van der Waals surface area contributed by atoms with Gasteiger partial charge in [0.1, 0.15) is 0 Å². The molecule has 3 atom stereocenters. The first-order chi connectivity index (χ1) is 15.9. The van der Waals surface area contributed by atoms with Crippen molar-refractivity contribution in [3.05, 3.63) is 52.8 Å². The lowest BCUT2D eigenvalue weighted by Crippen LogP contribution is -2.50. The van der Waals surface area contributed by atoms with Gasteiger partial charge in [-0.2, -0.15) is 0 Å². The number of aliphatic hydroxyl groups excluding tert-OH is 2. The van der Waals surface area contributed by atoms with Crippen LogP contribution in [0.3, 0.4) is 0 Å². The van der Waals surface area contributed by atoms with Crippen molar-refractivity contribution in [3.8, 4) is 11.5 Å². The summed E-state index contributed by atoms with van der Waals surface area (Å²) in [5.41, 5.74) is 11.1. The van der Waals surface area contributed by atoms with Crippen LogP contribution in [0.4, 0.5) is 0 Å². The standard InChI is InChI=1S/C21H27N3O3.C2H5Cl2NO.H2O/c1-26-20-8-14-4-6-24-11-16(18-7-13(12-25)3-5-23-18)17(22)10-19(24)15(14)9-21(20)27-2;3-2(4)5-1-6;/h3,5,7-9,16-17,19,25H,4,6,10-12,22H2,1-2H3;2,5-6H,1H2;1H2/t16-,17-,19?;;/m1../s1. The van der Waals surface area contributed by atoms with Crippen LogP contribution in [0.1, 0.15) is 40.8 Å². The molecule has 2 aliphatic heterocycles. The van der Waals surface area contributed by atoms with Crippen molar-refractivity contribution < 1.29 is 25.2 Å². The van der Waals surface area contributed by atoms with E-state index in [0.29, 0.717) is 6.04 Å². The molecule has 2 aliphatic rings. The van der Waals surface area contributed by atoms with E-state index in [0.717, 1.165) is 48.7 Å². The highest BCUT2D eigenvalue weighted by atomic mass is 35.5. The fraction of sp³-hybridized carbons (Fsp3) is 0.522. The molecule has 2 aromatic rings. The number of alkyl halides is 2. The Morgan fingerprint density at radius 1 is 1.21 bits per heavy atom. The summed E-state index contributed by atoms with van der Waals surface area (Å²) in [4.78, 5) is 6.39. The number of aliphatic hydroxyl groups is 2. The normalized spacial score (nSPS) is 21.5. The molecule has 1 unspecified atom stereocenters. The van der Waals surface area contributed by atoms with Crippen molar-refractivity contribution in [2.24, 2.45) is 5.73 Å². The maximum Gasteiger partial charge on any atom is 0.161 e. The Balaban J connectivity index is 0.000000521. The maximum atomic E-state index is 9.42. The lowest BCUT2D eigenvalue weighted by Gasteiger charge is -2.46. The molecule has 0 aliphatic carbocycles. The van der Waals surface area contributed by atoms with Crippen molar-refractivity contribution in [3.63, 3.8) is 0 Å². The van der Waals surface area contributed by atoms with E-state index in [1.807, 2.05) is 12.1 Å². The molecule has 190 valence electrons. The molecule has 3 heterocycles. The first-order valence-corrected chi connectivity index (χ1v) is 11.7. The largest absolute Gasteiger partial charge is 0.493 e. The summed E-state index contributed by atoms with van der Waals surface area (Å²) in [7, 11) is 3.35. The average Bonchev–Trinajstić information content (AvgIpc) is 2.83.